The van der Waals surface area contributed by atoms with Crippen molar-refractivity contribution in [3.05, 3.63) is 62.7 Å². The number of ether oxygens (including phenoxy) is 1. The SMILES string of the molecule is COC(=O)c1ccc(NC(=O)c2cccc(C)c2I)cc1. The topological polar surface area (TPSA) is 55.4 Å². The largest absolute Gasteiger partial charge is 0.465 e. The number of hydrogen-bond donors (Lipinski definition) is 1. The molecule has 0 radical (unpaired) electrons. The molecule has 4 nitrogen and oxygen atoms in total. The van der Waals surface area contributed by atoms with Crippen molar-refractivity contribution in [2.24, 2.45) is 0 Å². The minimum atomic E-state index is -0.402. The lowest BCUT2D eigenvalue weighted by Crippen LogP contribution is -2.14. The van der Waals surface area contributed by atoms with Gasteiger partial charge < -0.3 is 10.1 Å². The molecule has 21 heavy (non-hydrogen) atoms. The van der Waals surface area contributed by atoms with Gasteiger partial charge in [0.1, 0.15) is 0 Å². The van der Waals surface area contributed by atoms with E-state index in [-0.39, 0.29) is 5.91 Å². The predicted octanol–water partition coefficient (Wildman–Crippen LogP) is 3.64. The number of anilines is 1. The smallest absolute Gasteiger partial charge is 0.337 e. The van der Waals surface area contributed by atoms with Crippen LogP contribution in [0.15, 0.2) is 42.5 Å². The summed E-state index contributed by atoms with van der Waals surface area (Å²) in [6, 6.07) is 12.2. The molecule has 0 heterocycles. The van der Waals surface area contributed by atoms with Gasteiger partial charge in [0.15, 0.2) is 0 Å². The molecule has 1 N–H and O–H groups in total. The molecule has 0 aromatic heterocycles. The third-order valence-corrected chi connectivity index (χ3v) is 4.43. The van der Waals surface area contributed by atoms with E-state index in [2.05, 4.69) is 32.6 Å². The van der Waals surface area contributed by atoms with Crippen molar-refractivity contribution in [2.45, 2.75) is 6.92 Å². The van der Waals surface area contributed by atoms with Gasteiger partial charge in [-0.3, -0.25) is 4.79 Å². The van der Waals surface area contributed by atoms with E-state index in [1.54, 1.807) is 30.3 Å². The van der Waals surface area contributed by atoms with Crippen molar-refractivity contribution in [1.29, 1.82) is 0 Å². The second kappa shape index (κ2) is 6.71. The van der Waals surface area contributed by atoms with Gasteiger partial charge in [-0.05, 0) is 65.4 Å². The quantitative estimate of drug-likeness (QED) is 0.638. The van der Waals surface area contributed by atoms with Gasteiger partial charge in [-0.25, -0.2) is 4.79 Å². The van der Waals surface area contributed by atoms with Gasteiger partial charge in [-0.15, -0.1) is 0 Å². The van der Waals surface area contributed by atoms with Gasteiger partial charge in [-0.2, -0.15) is 0 Å². The minimum Gasteiger partial charge on any atom is -0.465 e. The molecule has 0 aliphatic rings. The van der Waals surface area contributed by atoms with E-state index in [1.807, 2.05) is 19.1 Å². The first-order valence-corrected chi connectivity index (χ1v) is 7.35. The number of amides is 1. The van der Waals surface area contributed by atoms with Crippen LogP contribution >= 0.6 is 22.6 Å². The maximum atomic E-state index is 12.3. The lowest BCUT2D eigenvalue weighted by Gasteiger charge is -2.09. The number of benzene rings is 2. The van der Waals surface area contributed by atoms with Crippen LogP contribution in [0.4, 0.5) is 5.69 Å². The number of carbonyl (C=O) groups excluding carboxylic acids is 2. The Morgan fingerprint density at radius 3 is 2.38 bits per heavy atom. The average molecular weight is 395 g/mol. The van der Waals surface area contributed by atoms with Crippen molar-refractivity contribution in [3.63, 3.8) is 0 Å². The molecule has 0 spiro atoms. The average Bonchev–Trinajstić information content (AvgIpc) is 2.50. The van der Waals surface area contributed by atoms with Crippen LogP contribution < -0.4 is 5.32 Å². The summed E-state index contributed by atoms with van der Waals surface area (Å²) in [6.07, 6.45) is 0. The van der Waals surface area contributed by atoms with Crippen LogP contribution in [-0.4, -0.2) is 19.0 Å². The second-order valence-corrected chi connectivity index (χ2v) is 5.54. The highest BCUT2D eigenvalue weighted by atomic mass is 127. The lowest BCUT2D eigenvalue weighted by atomic mass is 10.1. The zero-order valence-corrected chi connectivity index (χ0v) is 13.8. The van der Waals surface area contributed by atoms with E-state index < -0.39 is 5.97 Å². The first kappa shape index (κ1) is 15.5. The van der Waals surface area contributed by atoms with E-state index in [0.717, 1.165) is 9.13 Å². The van der Waals surface area contributed by atoms with Gasteiger partial charge in [0.25, 0.3) is 5.91 Å². The predicted molar refractivity (Wildman–Crippen MR) is 89.6 cm³/mol. The number of esters is 1. The monoisotopic (exact) mass is 395 g/mol. The van der Waals surface area contributed by atoms with E-state index in [9.17, 15) is 9.59 Å². The Balaban J connectivity index is 2.16. The van der Waals surface area contributed by atoms with E-state index in [1.165, 1.54) is 7.11 Å². The fraction of sp³-hybridized carbons (Fsp3) is 0.125. The van der Waals surface area contributed by atoms with Crippen molar-refractivity contribution in [3.8, 4) is 0 Å². The first-order valence-electron chi connectivity index (χ1n) is 6.27. The zero-order chi connectivity index (χ0) is 15.4. The Bertz CT molecular complexity index is 680. The number of aryl methyl sites for hydroxylation is 1. The molecule has 0 unspecified atom stereocenters. The molecule has 0 aliphatic carbocycles. The van der Waals surface area contributed by atoms with Crippen LogP contribution in [0.3, 0.4) is 0 Å². The molecule has 2 aromatic rings. The molecule has 0 fully saturated rings. The molecule has 108 valence electrons. The maximum Gasteiger partial charge on any atom is 0.337 e. The summed E-state index contributed by atoms with van der Waals surface area (Å²) in [5.74, 6) is -0.574. The van der Waals surface area contributed by atoms with Crippen LogP contribution in [0.1, 0.15) is 26.3 Å². The fourth-order valence-corrected chi connectivity index (χ4v) is 2.43. The fourth-order valence-electron chi connectivity index (χ4n) is 1.83. The molecule has 0 atom stereocenters. The van der Waals surface area contributed by atoms with E-state index in [0.29, 0.717) is 16.8 Å². The van der Waals surface area contributed by atoms with Crippen molar-refractivity contribution < 1.29 is 14.3 Å². The van der Waals surface area contributed by atoms with Gasteiger partial charge >= 0.3 is 5.97 Å². The Kier molecular flexibility index (Phi) is 4.95. The maximum absolute atomic E-state index is 12.3. The summed E-state index contributed by atoms with van der Waals surface area (Å²) in [5, 5.41) is 2.81. The minimum absolute atomic E-state index is 0.172. The molecule has 5 heteroatoms. The third-order valence-electron chi connectivity index (χ3n) is 3.00. The van der Waals surface area contributed by atoms with Crippen LogP contribution in [0.5, 0.6) is 0 Å². The molecule has 0 saturated carbocycles. The van der Waals surface area contributed by atoms with Crippen LogP contribution in [0.2, 0.25) is 0 Å². The molecule has 1 amide bonds. The molecular formula is C16H14INO3. The summed E-state index contributed by atoms with van der Waals surface area (Å²) >= 11 is 2.16. The number of hydrogen-bond acceptors (Lipinski definition) is 3. The lowest BCUT2D eigenvalue weighted by molar-refractivity contribution is 0.0600. The Labute approximate surface area is 136 Å². The number of nitrogens with one attached hydrogen (secondary N) is 1. The summed E-state index contributed by atoms with van der Waals surface area (Å²) in [5.41, 5.74) is 2.77. The van der Waals surface area contributed by atoms with Crippen LogP contribution in [0, 0.1) is 10.5 Å². The standard InChI is InChI=1S/C16H14INO3/c1-10-4-3-5-13(14(10)17)15(19)18-12-8-6-11(7-9-12)16(20)21-2/h3-9H,1-2H3,(H,18,19). The highest BCUT2D eigenvalue weighted by Gasteiger charge is 2.12. The summed E-state index contributed by atoms with van der Waals surface area (Å²) in [6.45, 7) is 1.96. The highest BCUT2D eigenvalue weighted by molar-refractivity contribution is 14.1. The van der Waals surface area contributed by atoms with E-state index >= 15 is 0 Å². The Morgan fingerprint density at radius 2 is 1.76 bits per heavy atom. The van der Waals surface area contributed by atoms with Crippen molar-refractivity contribution in [2.75, 3.05) is 12.4 Å². The molecule has 2 rings (SSSR count). The number of halogens is 1. The van der Waals surface area contributed by atoms with Gasteiger partial charge in [0.2, 0.25) is 0 Å². The highest BCUT2D eigenvalue weighted by Crippen LogP contribution is 2.18. The molecule has 0 aliphatic heterocycles. The summed E-state index contributed by atoms with van der Waals surface area (Å²) < 4.78 is 5.56. The van der Waals surface area contributed by atoms with Crippen LogP contribution in [-0.2, 0) is 4.74 Å². The molecule has 0 saturated heterocycles. The number of methoxy groups -OCH3 is 1. The Morgan fingerprint density at radius 1 is 1.10 bits per heavy atom. The van der Waals surface area contributed by atoms with Crippen LogP contribution in [0.25, 0.3) is 0 Å². The normalized spacial score (nSPS) is 10.0. The summed E-state index contributed by atoms with van der Waals surface area (Å²) in [4.78, 5) is 23.6. The zero-order valence-electron chi connectivity index (χ0n) is 11.6. The Hall–Kier alpha value is -1.89. The molecule has 2 aromatic carbocycles. The van der Waals surface area contributed by atoms with Crippen molar-refractivity contribution in [1.82, 2.24) is 0 Å². The van der Waals surface area contributed by atoms with Gasteiger partial charge in [0, 0.05) is 9.26 Å². The molecular weight excluding hydrogens is 381 g/mol. The first-order chi connectivity index (χ1) is 10.0. The van der Waals surface area contributed by atoms with Gasteiger partial charge in [-0.1, -0.05) is 12.1 Å². The number of rotatable bonds is 3. The second-order valence-electron chi connectivity index (χ2n) is 4.46. The van der Waals surface area contributed by atoms with Crippen molar-refractivity contribution >= 4 is 40.2 Å². The van der Waals surface area contributed by atoms with Gasteiger partial charge in [0.05, 0.1) is 18.2 Å². The summed E-state index contributed by atoms with van der Waals surface area (Å²) in [7, 11) is 1.33. The number of carbonyl (C=O) groups is 2. The van der Waals surface area contributed by atoms with E-state index in [4.69, 9.17) is 0 Å². The molecule has 0 bridgehead atoms. The third kappa shape index (κ3) is 3.60.